The van der Waals surface area contributed by atoms with Crippen LogP contribution in [0.3, 0.4) is 0 Å². The summed E-state index contributed by atoms with van der Waals surface area (Å²) in [4.78, 5) is 0. The second kappa shape index (κ2) is 5.75. The minimum atomic E-state index is -0.529. The molecule has 1 heterocycles. The number of hydrogen-bond donors (Lipinski definition) is 1. The average Bonchev–Trinajstić information content (AvgIpc) is 2.81. The maximum Gasteiger partial charge on any atom is 0.161 e. The Morgan fingerprint density at radius 3 is 2.68 bits per heavy atom. The van der Waals surface area contributed by atoms with E-state index in [0.29, 0.717) is 18.1 Å². The molecule has 1 unspecified atom stereocenters. The van der Waals surface area contributed by atoms with Gasteiger partial charge in [-0.2, -0.15) is 5.10 Å². The first-order chi connectivity index (χ1) is 9.10. The summed E-state index contributed by atoms with van der Waals surface area (Å²) < 4.78 is 12.7. The van der Waals surface area contributed by atoms with Crippen LogP contribution >= 0.6 is 0 Å². The van der Waals surface area contributed by atoms with Crippen LogP contribution in [0.1, 0.15) is 24.3 Å². The van der Waals surface area contributed by atoms with Crippen LogP contribution in [-0.2, 0) is 13.7 Å². The van der Waals surface area contributed by atoms with Gasteiger partial charge in [0.25, 0.3) is 0 Å². The second-order valence-corrected chi connectivity index (χ2v) is 4.36. The van der Waals surface area contributed by atoms with Crippen LogP contribution in [0, 0.1) is 0 Å². The molecule has 0 aliphatic heterocycles. The van der Waals surface area contributed by atoms with Crippen LogP contribution in [0.4, 0.5) is 0 Å². The van der Waals surface area contributed by atoms with Crippen molar-refractivity contribution in [1.29, 1.82) is 0 Å². The lowest BCUT2D eigenvalue weighted by Gasteiger charge is -2.12. The number of aromatic nitrogens is 2. The molecule has 0 spiro atoms. The van der Waals surface area contributed by atoms with Gasteiger partial charge in [-0.3, -0.25) is 4.68 Å². The third-order valence-electron chi connectivity index (χ3n) is 2.81. The topological polar surface area (TPSA) is 56.5 Å². The van der Waals surface area contributed by atoms with Crippen molar-refractivity contribution in [2.24, 2.45) is 7.05 Å². The van der Waals surface area contributed by atoms with E-state index in [9.17, 15) is 5.11 Å². The summed E-state index contributed by atoms with van der Waals surface area (Å²) in [6.45, 7) is 2.09. The van der Waals surface area contributed by atoms with Crippen molar-refractivity contribution in [3.63, 3.8) is 0 Å². The number of aryl methyl sites for hydroxylation is 1. The molecule has 102 valence electrons. The molecule has 0 bridgehead atoms. The highest BCUT2D eigenvalue weighted by atomic mass is 16.5. The van der Waals surface area contributed by atoms with Crippen LogP contribution in [0.25, 0.3) is 0 Å². The first-order valence-electron chi connectivity index (χ1n) is 6.07. The van der Waals surface area contributed by atoms with Gasteiger partial charge in [0.05, 0.1) is 18.9 Å². The van der Waals surface area contributed by atoms with Crippen LogP contribution < -0.4 is 9.47 Å². The normalized spacial score (nSPS) is 12.2. The Labute approximate surface area is 112 Å². The predicted octanol–water partition coefficient (Wildman–Crippen LogP) is 2.06. The zero-order chi connectivity index (χ0) is 13.8. The largest absolute Gasteiger partial charge is 0.493 e. The standard InChI is InChI=1S/C14H18N2O3/c1-10(17)11-4-5-13(14(8-11)18-3)19-9-12-6-7-16(2)15-12/h4-8,10,17H,9H2,1-3H3. The van der Waals surface area contributed by atoms with Gasteiger partial charge < -0.3 is 14.6 Å². The molecule has 0 aliphatic carbocycles. The molecule has 0 saturated heterocycles. The van der Waals surface area contributed by atoms with Crippen LogP contribution in [0.5, 0.6) is 11.5 Å². The van der Waals surface area contributed by atoms with E-state index in [4.69, 9.17) is 9.47 Å². The summed E-state index contributed by atoms with van der Waals surface area (Å²) in [6.07, 6.45) is 1.34. The number of nitrogens with zero attached hydrogens (tertiary/aromatic N) is 2. The molecule has 19 heavy (non-hydrogen) atoms. The zero-order valence-electron chi connectivity index (χ0n) is 11.3. The lowest BCUT2D eigenvalue weighted by molar-refractivity contribution is 0.198. The van der Waals surface area contributed by atoms with Crippen molar-refractivity contribution >= 4 is 0 Å². The number of aliphatic hydroxyl groups excluding tert-OH is 1. The van der Waals surface area contributed by atoms with Crippen molar-refractivity contribution in [3.05, 3.63) is 41.7 Å². The molecule has 0 radical (unpaired) electrons. The van der Waals surface area contributed by atoms with Crippen molar-refractivity contribution in [3.8, 4) is 11.5 Å². The van der Waals surface area contributed by atoms with E-state index in [0.717, 1.165) is 11.3 Å². The van der Waals surface area contributed by atoms with Gasteiger partial charge in [0.1, 0.15) is 6.61 Å². The van der Waals surface area contributed by atoms with Crippen LogP contribution in [0.2, 0.25) is 0 Å². The SMILES string of the molecule is COc1cc(C(C)O)ccc1OCc1ccn(C)n1. The van der Waals surface area contributed by atoms with E-state index >= 15 is 0 Å². The zero-order valence-corrected chi connectivity index (χ0v) is 11.3. The molecule has 1 aromatic heterocycles. The van der Waals surface area contributed by atoms with E-state index in [1.54, 1.807) is 30.8 Å². The van der Waals surface area contributed by atoms with Crippen molar-refractivity contribution in [1.82, 2.24) is 9.78 Å². The summed E-state index contributed by atoms with van der Waals surface area (Å²) in [7, 11) is 3.44. The maximum atomic E-state index is 9.54. The Morgan fingerprint density at radius 2 is 2.11 bits per heavy atom. The second-order valence-electron chi connectivity index (χ2n) is 4.36. The van der Waals surface area contributed by atoms with Gasteiger partial charge >= 0.3 is 0 Å². The molecule has 0 aliphatic rings. The molecule has 0 amide bonds. The molecule has 5 heteroatoms. The fraction of sp³-hybridized carbons (Fsp3) is 0.357. The first-order valence-corrected chi connectivity index (χ1v) is 6.07. The minimum absolute atomic E-state index is 0.380. The predicted molar refractivity (Wildman–Crippen MR) is 71.2 cm³/mol. The number of ether oxygens (including phenoxy) is 2. The summed E-state index contributed by atoms with van der Waals surface area (Å²) in [5.74, 6) is 1.24. The van der Waals surface area contributed by atoms with E-state index < -0.39 is 6.10 Å². The smallest absolute Gasteiger partial charge is 0.161 e. The van der Waals surface area contributed by atoms with Crippen LogP contribution in [-0.4, -0.2) is 22.0 Å². The van der Waals surface area contributed by atoms with Gasteiger partial charge in [0.15, 0.2) is 11.5 Å². The lowest BCUT2D eigenvalue weighted by Crippen LogP contribution is -2.00. The highest BCUT2D eigenvalue weighted by molar-refractivity contribution is 5.43. The Bertz CT molecular complexity index is 549. The van der Waals surface area contributed by atoms with E-state index in [1.165, 1.54) is 0 Å². The molecule has 1 N–H and O–H groups in total. The van der Waals surface area contributed by atoms with Gasteiger partial charge in [-0.25, -0.2) is 0 Å². The fourth-order valence-electron chi connectivity index (χ4n) is 1.76. The Hall–Kier alpha value is -2.01. The third kappa shape index (κ3) is 3.26. The Kier molecular flexibility index (Phi) is 4.06. The summed E-state index contributed by atoms with van der Waals surface area (Å²) >= 11 is 0. The van der Waals surface area contributed by atoms with Gasteiger partial charge in [-0.05, 0) is 30.7 Å². The number of aliphatic hydroxyl groups is 1. The summed E-state index contributed by atoms with van der Waals surface area (Å²) in [5, 5.41) is 13.8. The molecular weight excluding hydrogens is 244 g/mol. The maximum absolute atomic E-state index is 9.54. The quantitative estimate of drug-likeness (QED) is 0.896. The Morgan fingerprint density at radius 1 is 1.32 bits per heavy atom. The molecular formula is C14H18N2O3. The van der Waals surface area contributed by atoms with Gasteiger partial charge in [-0.1, -0.05) is 6.07 Å². The molecule has 5 nitrogen and oxygen atoms in total. The monoisotopic (exact) mass is 262 g/mol. The first kappa shape index (κ1) is 13.4. The van der Waals surface area contributed by atoms with Gasteiger partial charge in [0.2, 0.25) is 0 Å². The molecule has 0 saturated carbocycles. The molecule has 2 rings (SSSR count). The van der Waals surface area contributed by atoms with Crippen molar-refractivity contribution in [2.75, 3.05) is 7.11 Å². The van der Waals surface area contributed by atoms with E-state index in [1.807, 2.05) is 25.4 Å². The van der Waals surface area contributed by atoms with Crippen molar-refractivity contribution in [2.45, 2.75) is 19.6 Å². The van der Waals surface area contributed by atoms with Crippen LogP contribution in [0.15, 0.2) is 30.5 Å². The highest BCUT2D eigenvalue weighted by Crippen LogP contribution is 2.30. The number of rotatable bonds is 5. The number of benzene rings is 1. The van der Waals surface area contributed by atoms with Gasteiger partial charge in [0, 0.05) is 13.2 Å². The summed E-state index contributed by atoms with van der Waals surface area (Å²) in [6, 6.07) is 7.29. The minimum Gasteiger partial charge on any atom is -0.493 e. The van der Waals surface area contributed by atoms with E-state index in [2.05, 4.69) is 5.10 Å². The van der Waals surface area contributed by atoms with Gasteiger partial charge in [-0.15, -0.1) is 0 Å². The molecule has 2 aromatic rings. The molecule has 0 fully saturated rings. The van der Waals surface area contributed by atoms with Crippen molar-refractivity contribution < 1.29 is 14.6 Å². The number of methoxy groups -OCH3 is 1. The fourth-order valence-corrected chi connectivity index (χ4v) is 1.76. The summed E-state index contributed by atoms with van der Waals surface area (Å²) in [5.41, 5.74) is 1.64. The third-order valence-corrected chi connectivity index (χ3v) is 2.81. The highest BCUT2D eigenvalue weighted by Gasteiger charge is 2.09. The molecule has 1 aromatic carbocycles. The average molecular weight is 262 g/mol. The van der Waals surface area contributed by atoms with E-state index in [-0.39, 0.29) is 0 Å². The lowest BCUT2D eigenvalue weighted by atomic mass is 10.1. The molecule has 1 atom stereocenters. The number of hydrogen-bond acceptors (Lipinski definition) is 4. The Balaban J connectivity index is 2.11.